The first kappa shape index (κ1) is 26.8. The molecule has 0 heterocycles. The second kappa shape index (κ2) is 12.8. The SMILES string of the molecule is CC(C)(C)NC(=O)C(Cc1ccccc1)N(Cc1ccc(Cl)cc1)C(=O)CCSc1ccccc1. The van der Waals surface area contributed by atoms with Gasteiger partial charge in [0, 0.05) is 40.6 Å². The number of halogens is 1. The molecule has 0 radical (unpaired) electrons. The van der Waals surface area contributed by atoms with E-state index in [1.165, 1.54) is 0 Å². The van der Waals surface area contributed by atoms with Crippen LogP contribution in [0.1, 0.15) is 38.3 Å². The van der Waals surface area contributed by atoms with Crippen molar-refractivity contribution >= 4 is 35.2 Å². The van der Waals surface area contributed by atoms with E-state index in [0.29, 0.717) is 30.2 Å². The number of amides is 2. The zero-order valence-electron chi connectivity index (χ0n) is 20.5. The Labute approximate surface area is 218 Å². The Morgan fingerprint density at radius 1 is 0.886 bits per heavy atom. The Morgan fingerprint density at radius 2 is 1.49 bits per heavy atom. The van der Waals surface area contributed by atoms with Gasteiger partial charge in [-0.25, -0.2) is 0 Å². The molecule has 0 spiro atoms. The molecule has 6 heteroatoms. The molecule has 0 bridgehead atoms. The monoisotopic (exact) mass is 508 g/mol. The first-order valence-electron chi connectivity index (χ1n) is 11.8. The lowest BCUT2D eigenvalue weighted by Gasteiger charge is -2.34. The molecule has 3 aromatic carbocycles. The van der Waals surface area contributed by atoms with Crippen LogP contribution in [0.15, 0.2) is 89.8 Å². The summed E-state index contributed by atoms with van der Waals surface area (Å²) in [4.78, 5) is 30.0. The van der Waals surface area contributed by atoms with E-state index in [-0.39, 0.29) is 11.8 Å². The first-order chi connectivity index (χ1) is 16.7. The molecule has 0 aliphatic carbocycles. The molecule has 0 saturated heterocycles. The fourth-order valence-corrected chi connectivity index (χ4v) is 4.70. The maximum absolute atomic E-state index is 13.6. The van der Waals surface area contributed by atoms with Crippen LogP contribution < -0.4 is 5.32 Å². The Hall–Kier alpha value is -2.76. The summed E-state index contributed by atoms with van der Waals surface area (Å²) in [7, 11) is 0. The summed E-state index contributed by atoms with van der Waals surface area (Å²) in [5, 5.41) is 3.73. The third-order valence-corrected chi connectivity index (χ3v) is 6.63. The van der Waals surface area contributed by atoms with Crippen LogP contribution in [0.4, 0.5) is 0 Å². The van der Waals surface area contributed by atoms with E-state index < -0.39 is 11.6 Å². The van der Waals surface area contributed by atoms with Crippen LogP contribution in [0.3, 0.4) is 0 Å². The third kappa shape index (κ3) is 9.08. The summed E-state index contributed by atoms with van der Waals surface area (Å²) < 4.78 is 0. The average molecular weight is 509 g/mol. The number of carbonyl (C=O) groups is 2. The zero-order chi connectivity index (χ0) is 25.3. The van der Waals surface area contributed by atoms with E-state index in [4.69, 9.17) is 11.6 Å². The number of nitrogens with zero attached hydrogens (tertiary/aromatic N) is 1. The first-order valence-corrected chi connectivity index (χ1v) is 13.2. The lowest BCUT2D eigenvalue weighted by molar-refractivity contribution is -0.141. The van der Waals surface area contributed by atoms with Gasteiger partial charge < -0.3 is 10.2 Å². The van der Waals surface area contributed by atoms with Crippen molar-refractivity contribution in [2.24, 2.45) is 0 Å². The minimum Gasteiger partial charge on any atom is -0.350 e. The van der Waals surface area contributed by atoms with Crippen LogP contribution in [-0.4, -0.2) is 34.0 Å². The molecule has 1 N–H and O–H groups in total. The lowest BCUT2D eigenvalue weighted by Crippen LogP contribution is -2.54. The normalized spacial score (nSPS) is 12.1. The number of benzene rings is 3. The molecular weight excluding hydrogens is 476 g/mol. The number of hydrogen-bond donors (Lipinski definition) is 1. The molecule has 2 amide bonds. The number of thioether (sulfide) groups is 1. The Balaban J connectivity index is 1.86. The van der Waals surface area contributed by atoms with E-state index in [1.807, 2.05) is 106 Å². The van der Waals surface area contributed by atoms with Gasteiger partial charge >= 0.3 is 0 Å². The van der Waals surface area contributed by atoms with Gasteiger partial charge in [0.25, 0.3) is 0 Å². The van der Waals surface area contributed by atoms with Gasteiger partial charge in [-0.3, -0.25) is 9.59 Å². The molecule has 35 heavy (non-hydrogen) atoms. The maximum atomic E-state index is 13.6. The van der Waals surface area contributed by atoms with Crippen molar-refractivity contribution < 1.29 is 9.59 Å². The molecule has 0 aliphatic rings. The fraction of sp³-hybridized carbons (Fsp3) is 0.310. The highest BCUT2D eigenvalue weighted by Gasteiger charge is 2.32. The van der Waals surface area contributed by atoms with Gasteiger partial charge in [0.2, 0.25) is 11.8 Å². The van der Waals surface area contributed by atoms with Crippen LogP contribution in [0.25, 0.3) is 0 Å². The van der Waals surface area contributed by atoms with Crippen LogP contribution >= 0.6 is 23.4 Å². The van der Waals surface area contributed by atoms with Crippen LogP contribution in [-0.2, 0) is 22.6 Å². The van der Waals surface area contributed by atoms with Crippen molar-refractivity contribution in [2.75, 3.05) is 5.75 Å². The van der Waals surface area contributed by atoms with Gasteiger partial charge in [0.15, 0.2) is 0 Å². The number of carbonyl (C=O) groups excluding carboxylic acids is 2. The predicted molar refractivity (Wildman–Crippen MR) is 146 cm³/mol. The van der Waals surface area contributed by atoms with Crippen molar-refractivity contribution in [1.82, 2.24) is 10.2 Å². The van der Waals surface area contributed by atoms with E-state index in [0.717, 1.165) is 16.0 Å². The molecule has 0 saturated carbocycles. The zero-order valence-corrected chi connectivity index (χ0v) is 22.1. The number of hydrogen-bond acceptors (Lipinski definition) is 3. The maximum Gasteiger partial charge on any atom is 0.243 e. The predicted octanol–water partition coefficient (Wildman–Crippen LogP) is 6.38. The van der Waals surface area contributed by atoms with E-state index in [1.54, 1.807) is 16.7 Å². The molecular formula is C29H33ClN2O2S. The summed E-state index contributed by atoms with van der Waals surface area (Å²) in [6.07, 6.45) is 0.773. The average Bonchev–Trinajstić information content (AvgIpc) is 2.82. The molecule has 1 atom stereocenters. The summed E-state index contributed by atoms with van der Waals surface area (Å²) >= 11 is 7.73. The molecule has 184 valence electrons. The van der Waals surface area contributed by atoms with E-state index in [2.05, 4.69) is 5.32 Å². The highest BCUT2D eigenvalue weighted by atomic mass is 35.5. The van der Waals surface area contributed by atoms with E-state index in [9.17, 15) is 9.59 Å². The highest BCUT2D eigenvalue weighted by Crippen LogP contribution is 2.21. The summed E-state index contributed by atoms with van der Waals surface area (Å²) in [5.41, 5.74) is 1.53. The molecule has 0 aromatic heterocycles. The van der Waals surface area contributed by atoms with Gasteiger partial charge in [0.05, 0.1) is 0 Å². The third-order valence-electron chi connectivity index (χ3n) is 5.36. The van der Waals surface area contributed by atoms with Crippen LogP contribution in [0, 0.1) is 0 Å². The highest BCUT2D eigenvalue weighted by molar-refractivity contribution is 7.99. The molecule has 0 fully saturated rings. The van der Waals surface area contributed by atoms with Crippen molar-refractivity contribution in [2.45, 2.75) is 56.6 Å². The lowest BCUT2D eigenvalue weighted by atomic mass is 10.0. The van der Waals surface area contributed by atoms with Gasteiger partial charge in [-0.05, 0) is 56.2 Å². The minimum absolute atomic E-state index is 0.0478. The van der Waals surface area contributed by atoms with Crippen LogP contribution in [0.2, 0.25) is 5.02 Å². The summed E-state index contributed by atoms with van der Waals surface area (Å²) in [5.74, 6) is 0.437. The Kier molecular flexibility index (Phi) is 9.82. The fourth-order valence-electron chi connectivity index (χ4n) is 3.71. The van der Waals surface area contributed by atoms with Crippen molar-refractivity contribution in [3.05, 3.63) is 101 Å². The van der Waals surface area contributed by atoms with Crippen molar-refractivity contribution in [3.8, 4) is 0 Å². The second-order valence-electron chi connectivity index (χ2n) is 9.50. The van der Waals surface area contributed by atoms with Gasteiger partial charge in [-0.2, -0.15) is 0 Å². The smallest absolute Gasteiger partial charge is 0.243 e. The second-order valence-corrected chi connectivity index (χ2v) is 11.1. The van der Waals surface area contributed by atoms with E-state index >= 15 is 0 Å². The largest absolute Gasteiger partial charge is 0.350 e. The molecule has 4 nitrogen and oxygen atoms in total. The standard InChI is InChI=1S/C29H33ClN2O2S/c1-29(2,3)31-28(34)26(20-22-10-6-4-7-11-22)32(21-23-14-16-24(30)17-15-23)27(33)18-19-35-25-12-8-5-9-13-25/h4-17,26H,18-21H2,1-3H3,(H,31,34). The topological polar surface area (TPSA) is 49.4 Å². The Bertz CT molecular complexity index is 1080. The summed E-state index contributed by atoms with van der Waals surface area (Å²) in [6, 6.07) is 26.7. The molecule has 0 aliphatic heterocycles. The van der Waals surface area contributed by atoms with Gasteiger partial charge in [0.1, 0.15) is 6.04 Å². The number of rotatable bonds is 10. The number of nitrogens with one attached hydrogen (secondary N) is 1. The minimum atomic E-state index is -0.637. The van der Waals surface area contributed by atoms with Gasteiger partial charge in [-0.1, -0.05) is 72.3 Å². The Morgan fingerprint density at radius 3 is 2.09 bits per heavy atom. The van der Waals surface area contributed by atoms with Crippen molar-refractivity contribution in [1.29, 1.82) is 0 Å². The van der Waals surface area contributed by atoms with Crippen LogP contribution in [0.5, 0.6) is 0 Å². The molecule has 1 unspecified atom stereocenters. The molecule has 3 aromatic rings. The van der Waals surface area contributed by atoms with Gasteiger partial charge in [-0.15, -0.1) is 11.8 Å². The van der Waals surface area contributed by atoms with Crippen molar-refractivity contribution in [3.63, 3.8) is 0 Å². The quantitative estimate of drug-likeness (QED) is 0.323. The molecule has 3 rings (SSSR count). The summed E-state index contributed by atoms with van der Waals surface area (Å²) in [6.45, 7) is 6.19.